The lowest BCUT2D eigenvalue weighted by molar-refractivity contribution is -0.109. The van der Waals surface area contributed by atoms with Crippen LogP contribution in [0.15, 0.2) is 22.7 Å². The monoisotopic (exact) mass is 316 g/mol. The molecule has 0 aliphatic rings. The van der Waals surface area contributed by atoms with Crippen LogP contribution < -0.4 is 4.74 Å². The van der Waals surface area contributed by atoms with Gasteiger partial charge in [-0.2, -0.15) is 0 Å². The SMILES string of the molecule is COc1cc(Br)cc(C=CCSC(C)=O)c1O. The van der Waals surface area contributed by atoms with E-state index in [1.807, 2.05) is 6.08 Å². The second-order valence-corrected chi connectivity index (χ2v) is 5.36. The quantitative estimate of drug-likeness (QED) is 0.924. The molecule has 0 bridgehead atoms. The smallest absolute Gasteiger partial charge is 0.186 e. The zero-order chi connectivity index (χ0) is 12.8. The van der Waals surface area contributed by atoms with Gasteiger partial charge in [-0.15, -0.1) is 0 Å². The van der Waals surface area contributed by atoms with E-state index in [0.29, 0.717) is 17.1 Å². The topological polar surface area (TPSA) is 46.5 Å². The van der Waals surface area contributed by atoms with Crippen LogP contribution in [0.5, 0.6) is 11.5 Å². The highest BCUT2D eigenvalue weighted by molar-refractivity contribution is 9.10. The van der Waals surface area contributed by atoms with E-state index >= 15 is 0 Å². The van der Waals surface area contributed by atoms with Gasteiger partial charge in [-0.05, 0) is 12.1 Å². The van der Waals surface area contributed by atoms with Gasteiger partial charge in [0, 0.05) is 22.7 Å². The first-order valence-electron chi connectivity index (χ1n) is 4.91. The Morgan fingerprint density at radius 1 is 1.59 bits per heavy atom. The van der Waals surface area contributed by atoms with Crippen LogP contribution in [-0.4, -0.2) is 23.1 Å². The number of aromatic hydroxyl groups is 1. The number of rotatable bonds is 4. The number of ether oxygens (including phenoxy) is 1. The molecule has 1 aromatic carbocycles. The summed E-state index contributed by atoms with van der Waals surface area (Å²) in [5.74, 6) is 1.10. The molecule has 92 valence electrons. The average Bonchev–Trinajstić information content (AvgIpc) is 2.28. The third kappa shape index (κ3) is 4.44. The minimum absolute atomic E-state index is 0.0747. The summed E-state index contributed by atoms with van der Waals surface area (Å²) in [7, 11) is 1.50. The largest absolute Gasteiger partial charge is 0.504 e. The lowest BCUT2D eigenvalue weighted by atomic mass is 10.2. The van der Waals surface area contributed by atoms with E-state index in [2.05, 4.69) is 15.9 Å². The molecule has 1 rings (SSSR count). The number of carbonyl (C=O) groups is 1. The molecule has 0 saturated heterocycles. The van der Waals surface area contributed by atoms with Crippen molar-refractivity contribution in [3.8, 4) is 11.5 Å². The summed E-state index contributed by atoms with van der Waals surface area (Å²) in [6.45, 7) is 1.53. The molecule has 0 atom stereocenters. The second kappa shape index (κ2) is 6.71. The molecule has 0 amide bonds. The fraction of sp³-hybridized carbons (Fsp3) is 0.250. The molecule has 0 aliphatic carbocycles. The van der Waals surface area contributed by atoms with Crippen molar-refractivity contribution in [2.24, 2.45) is 0 Å². The number of carbonyl (C=O) groups excluding carboxylic acids is 1. The predicted molar refractivity (Wildman–Crippen MR) is 74.5 cm³/mol. The molecule has 0 heterocycles. The van der Waals surface area contributed by atoms with Crippen LogP contribution in [0.4, 0.5) is 0 Å². The minimum atomic E-state index is 0.0747. The molecule has 0 aromatic heterocycles. The first kappa shape index (κ1) is 14.1. The predicted octanol–water partition coefficient (Wildman–Crippen LogP) is 3.46. The van der Waals surface area contributed by atoms with Crippen LogP contribution in [0.3, 0.4) is 0 Å². The molecular formula is C12H13BrO3S. The summed E-state index contributed by atoms with van der Waals surface area (Å²) in [6, 6.07) is 3.48. The van der Waals surface area contributed by atoms with Gasteiger partial charge >= 0.3 is 0 Å². The summed E-state index contributed by atoms with van der Waals surface area (Å²) < 4.78 is 5.86. The van der Waals surface area contributed by atoms with Crippen molar-refractivity contribution in [1.29, 1.82) is 0 Å². The zero-order valence-electron chi connectivity index (χ0n) is 9.57. The van der Waals surface area contributed by atoms with Gasteiger partial charge < -0.3 is 9.84 Å². The lowest BCUT2D eigenvalue weighted by Crippen LogP contribution is -1.87. The highest BCUT2D eigenvalue weighted by atomic mass is 79.9. The number of hydrogen-bond acceptors (Lipinski definition) is 4. The van der Waals surface area contributed by atoms with Crippen LogP contribution in [-0.2, 0) is 4.79 Å². The first-order chi connectivity index (χ1) is 8.04. The number of methoxy groups -OCH3 is 1. The highest BCUT2D eigenvalue weighted by Crippen LogP contribution is 2.34. The van der Waals surface area contributed by atoms with E-state index in [1.165, 1.54) is 25.8 Å². The Labute approximate surface area is 113 Å². The third-order valence-electron chi connectivity index (χ3n) is 1.97. The molecule has 5 heteroatoms. The number of halogens is 1. The van der Waals surface area contributed by atoms with Crippen LogP contribution >= 0.6 is 27.7 Å². The van der Waals surface area contributed by atoms with Crippen molar-refractivity contribution in [2.45, 2.75) is 6.92 Å². The van der Waals surface area contributed by atoms with Gasteiger partial charge in [-0.1, -0.05) is 39.8 Å². The van der Waals surface area contributed by atoms with Gasteiger partial charge in [0.05, 0.1) is 7.11 Å². The van der Waals surface area contributed by atoms with Gasteiger partial charge in [-0.3, -0.25) is 4.79 Å². The molecular weight excluding hydrogens is 304 g/mol. The van der Waals surface area contributed by atoms with Gasteiger partial charge in [0.25, 0.3) is 0 Å². The summed E-state index contributed by atoms with van der Waals surface area (Å²) in [5.41, 5.74) is 0.653. The van der Waals surface area contributed by atoms with Crippen molar-refractivity contribution in [3.63, 3.8) is 0 Å². The van der Waals surface area contributed by atoms with Crippen molar-refractivity contribution in [2.75, 3.05) is 12.9 Å². The molecule has 0 aliphatic heterocycles. The fourth-order valence-electron chi connectivity index (χ4n) is 1.22. The standard InChI is InChI=1S/C12H13BrO3S/c1-8(14)17-5-3-4-9-6-10(13)7-11(16-2)12(9)15/h3-4,6-7,15H,5H2,1-2H3. The Kier molecular flexibility index (Phi) is 5.58. The zero-order valence-corrected chi connectivity index (χ0v) is 12.0. The number of hydrogen-bond donors (Lipinski definition) is 1. The maximum absolute atomic E-state index is 10.7. The van der Waals surface area contributed by atoms with E-state index in [1.54, 1.807) is 18.2 Å². The summed E-state index contributed by atoms with van der Waals surface area (Å²) >= 11 is 4.56. The maximum atomic E-state index is 10.7. The van der Waals surface area contributed by atoms with Gasteiger partial charge in [0.1, 0.15) is 0 Å². The van der Waals surface area contributed by atoms with Crippen LogP contribution in [0.1, 0.15) is 12.5 Å². The summed E-state index contributed by atoms with van der Waals surface area (Å²) in [5, 5.41) is 9.93. The van der Waals surface area contributed by atoms with E-state index in [9.17, 15) is 9.90 Å². The average molecular weight is 317 g/mol. The van der Waals surface area contributed by atoms with Crippen molar-refractivity contribution in [1.82, 2.24) is 0 Å². The molecule has 0 radical (unpaired) electrons. The van der Waals surface area contributed by atoms with Gasteiger partial charge in [0.2, 0.25) is 0 Å². The Morgan fingerprint density at radius 3 is 2.88 bits per heavy atom. The van der Waals surface area contributed by atoms with Crippen LogP contribution in [0.2, 0.25) is 0 Å². The Hall–Kier alpha value is -0.940. The van der Waals surface area contributed by atoms with Gasteiger partial charge in [0.15, 0.2) is 16.6 Å². The van der Waals surface area contributed by atoms with Gasteiger partial charge in [-0.25, -0.2) is 0 Å². The van der Waals surface area contributed by atoms with E-state index in [4.69, 9.17) is 4.74 Å². The van der Waals surface area contributed by atoms with Crippen molar-refractivity contribution in [3.05, 3.63) is 28.2 Å². The van der Waals surface area contributed by atoms with E-state index in [0.717, 1.165) is 4.47 Å². The molecule has 0 spiro atoms. The number of benzene rings is 1. The lowest BCUT2D eigenvalue weighted by Gasteiger charge is -2.06. The molecule has 0 unspecified atom stereocenters. The Bertz CT molecular complexity index is 444. The molecule has 1 aromatic rings. The normalized spacial score (nSPS) is 10.8. The van der Waals surface area contributed by atoms with E-state index in [-0.39, 0.29) is 10.9 Å². The number of phenolic OH excluding ortho intramolecular Hbond substituents is 1. The fourth-order valence-corrected chi connectivity index (χ4v) is 2.10. The van der Waals surface area contributed by atoms with Crippen LogP contribution in [0.25, 0.3) is 6.08 Å². The van der Waals surface area contributed by atoms with E-state index < -0.39 is 0 Å². The summed E-state index contributed by atoms with van der Waals surface area (Å²) in [6.07, 6.45) is 3.59. The Balaban J connectivity index is 2.83. The van der Waals surface area contributed by atoms with Crippen molar-refractivity contribution >= 4 is 38.9 Å². The first-order valence-corrected chi connectivity index (χ1v) is 6.69. The summed E-state index contributed by atoms with van der Waals surface area (Å²) in [4.78, 5) is 10.7. The molecule has 17 heavy (non-hydrogen) atoms. The third-order valence-corrected chi connectivity index (χ3v) is 3.19. The maximum Gasteiger partial charge on any atom is 0.186 e. The number of thioether (sulfide) groups is 1. The molecule has 3 nitrogen and oxygen atoms in total. The highest BCUT2D eigenvalue weighted by Gasteiger charge is 2.07. The molecule has 1 N–H and O–H groups in total. The Morgan fingerprint density at radius 2 is 2.29 bits per heavy atom. The second-order valence-electron chi connectivity index (χ2n) is 3.25. The molecule has 0 saturated carbocycles. The van der Waals surface area contributed by atoms with Crippen molar-refractivity contribution < 1.29 is 14.6 Å². The van der Waals surface area contributed by atoms with Crippen LogP contribution in [0, 0.1) is 0 Å². The molecule has 0 fully saturated rings. The minimum Gasteiger partial charge on any atom is -0.504 e. The number of phenols is 1.